The van der Waals surface area contributed by atoms with Crippen molar-refractivity contribution >= 4 is 22.4 Å². The highest BCUT2D eigenvalue weighted by molar-refractivity contribution is 5.92. The van der Waals surface area contributed by atoms with Crippen LogP contribution >= 0.6 is 0 Å². The topological polar surface area (TPSA) is 63.2 Å². The van der Waals surface area contributed by atoms with Gasteiger partial charge in [0.05, 0.1) is 40.9 Å². The van der Waals surface area contributed by atoms with E-state index in [0.717, 1.165) is 36.7 Å². The van der Waals surface area contributed by atoms with E-state index < -0.39 is 17.8 Å². The zero-order valence-corrected chi connectivity index (χ0v) is 16.3. The summed E-state index contributed by atoms with van der Waals surface area (Å²) in [6, 6.07) is 5.97. The quantitative estimate of drug-likeness (QED) is 0.680. The van der Waals surface area contributed by atoms with E-state index in [-0.39, 0.29) is 24.3 Å². The molecule has 6 nitrogen and oxygen atoms in total. The Labute approximate surface area is 171 Å². The fourth-order valence-corrected chi connectivity index (χ4v) is 4.10. The molecule has 156 valence electrons. The molecule has 5 heterocycles. The lowest BCUT2D eigenvalue weighted by atomic mass is 9.98. The summed E-state index contributed by atoms with van der Waals surface area (Å²) < 4.78 is 46.0. The SMILES string of the molecule is Cc1nnc(NCc2cccc(C(F)F)c2F)c2cc(N3CC4CC(C3)O4)cnc12. The van der Waals surface area contributed by atoms with Crippen molar-refractivity contribution in [1.82, 2.24) is 15.2 Å². The first kappa shape index (κ1) is 19.0. The Balaban J connectivity index is 1.45. The molecule has 0 radical (unpaired) electrons. The minimum absolute atomic E-state index is 0.00512. The van der Waals surface area contributed by atoms with Crippen LogP contribution in [0.25, 0.3) is 10.9 Å². The number of rotatable bonds is 5. The number of nitrogens with one attached hydrogen (secondary N) is 1. The van der Waals surface area contributed by atoms with E-state index in [9.17, 15) is 13.2 Å². The number of anilines is 2. The number of nitrogens with zero attached hydrogens (tertiary/aromatic N) is 4. The summed E-state index contributed by atoms with van der Waals surface area (Å²) in [6.45, 7) is 3.46. The molecule has 1 aromatic carbocycles. The lowest BCUT2D eigenvalue weighted by molar-refractivity contribution is -0.133. The summed E-state index contributed by atoms with van der Waals surface area (Å²) in [5.41, 5.74) is 1.86. The standard InChI is InChI=1S/C21H20F3N5O/c1-11-19-17(5-13(8-25-19)29-9-14-6-15(10-29)30-14)21(28-27-11)26-7-12-3-2-4-16(18(12)22)20(23)24/h2-5,8,14-15,20H,6-7,9-10H2,1H3,(H,26,28). The summed E-state index contributed by atoms with van der Waals surface area (Å²) in [5, 5.41) is 12.1. The summed E-state index contributed by atoms with van der Waals surface area (Å²) in [6.07, 6.45) is 0.574. The second-order valence-corrected chi connectivity index (χ2v) is 7.72. The van der Waals surface area contributed by atoms with E-state index in [1.807, 2.05) is 19.2 Å². The van der Waals surface area contributed by atoms with Crippen LogP contribution in [0.5, 0.6) is 0 Å². The zero-order chi connectivity index (χ0) is 20.8. The molecule has 3 saturated heterocycles. The second-order valence-electron chi connectivity index (χ2n) is 7.72. The Morgan fingerprint density at radius 3 is 2.73 bits per heavy atom. The molecule has 0 saturated carbocycles. The van der Waals surface area contributed by atoms with Crippen LogP contribution in [0.2, 0.25) is 0 Å². The minimum atomic E-state index is -2.86. The highest BCUT2D eigenvalue weighted by Gasteiger charge is 2.38. The van der Waals surface area contributed by atoms with Gasteiger partial charge in [-0.1, -0.05) is 18.2 Å². The summed E-state index contributed by atoms with van der Waals surface area (Å²) in [7, 11) is 0. The number of morpholine rings is 1. The molecule has 6 rings (SSSR count). The molecule has 2 unspecified atom stereocenters. The average molecular weight is 415 g/mol. The molecular weight excluding hydrogens is 395 g/mol. The lowest BCUT2D eigenvalue weighted by Gasteiger charge is -2.47. The van der Waals surface area contributed by atoms with Gasteiger partial charge in [-0.25, -0.2) is 13.2 Å². The van der Waals surface area contributed by atoms with E-state index in [4.69, 9.17) is 4.74 Å². The van der Waals surface area contributed by atoms with Crippen LogP contribution in [-0.4, -0.2) is 40.5 Å². The van der Waals surface area contributed by atoms with Gasteiger partial charge < -0.3 is 15.0 Å². The minimum Gasteiger partial charge on any atom is -0.371 e. The Morgan fingerprint density at radius 1 is 1.23 bits per heavy atom. The highest BCUT2D eigenvalue weighted by atomic mass is 19.3. The molecule has 2 bridgehead atoms. The van der Waals surface area contributed by atoms with Gasteiger partial charge in [-0.3, -0.25) is 4.98 Å². The summed E-state index contributed by atoms with van der Waals surface area (Å²) >= 11 is 0. The van der Waals surface area contributed by atoms with Crippen LogP contribution in [0.3, 0.4) is 0 Å². The number of aryl methyl sites for hydroxylation is 1. The normalized spacial score (nSPS) is 20.5. The molecular formula is C21H20F3N5O. The first-order chi connectivity index (χ1) is 14.5. The lowest BCUT2D eigenvalue weighted by Crippen LogP contribution is -2.57. The van der Waals surface area contributed by atoms with Crippen LogP contribution in [0.4, 0.5) is 24.7 Å². The van der Waals surface area contributed by atoms with E-state index >= 15 is 0 Å². The molecule has 0 spiro atoms. The fourth-order valence-electron chi connectivity index (χ4n) is 4.10. The van der Waals surface area contributed by atoms with Gasteiger partial charge in [0.25, 0.3) is 6.43 Å². The number of hydrogen-bond donors (Lipinski definition) is 1. The van der Waals surface area contributed by atoms with Crippen LogP contribution in [0, 0.1) is 12.7 Å². The molecule has 3 fully saturated rings. The smallest absolute Gasteiger partial charge is 0.266 e. The van der Waals surface area contributed by atoms with Crippen LogP contribution in [0.15, 0.2) is 30.5 Å². The highest BCUT2D eigenvalue weighted by Crippen LogP contribution is 2.33. The molecule has 9 heteroatoms. The van der Waals surface area contributed by atoms with Gasteiger partial charge in [-0.2, -0.15) is 5.10 Å². The summed E-state index contributed by atoms with van der Waals surface area (Å²) in [4.78, 5) is 6.80. The van der Waals surface area contributed by atoms with Crippen molar-refractivity contribution in [2.45, 2.75) is 38.5 Å². The van der Waals surface area contributed by atoms with E-state index in [0.29, 0.717) is 17.0 Å². The third kappa shape index (κ3) is 3.32. The number of fused-ring (bicyclic) bond motifs is 3. The van der Waals surface area contributed by atoms with E-state index in [1.54, 1.807) is 0 Å². The molecule has 2 aromatic heterocycles. The number of pyridine rings is 1. The number of benzene rings is 1. The van der Waals surface area contributed by atoms with Gasteiger partial charge in [0, 0.05) is 37.0 Å². The number of piperidine rings is 1. The molecule has 3 aliphatic rings. The van der Waals surface area contributed by atoms with Crippen LogP contribution < -0.4 is 10.2 Å². The zero-order valence-electron chi connectivity index (χ0n) is 16.3. The van der Waals surface area contributed by atoms with Crippen molar-refractivity contribution in [2.75, 3.05) is 23.3 Å². The Bertz CT molecular complexity index is 1090. The predicted octanol–water partition coefficient (Wildman–Crippen LogP) is 4.00. The monoisotopic (exact) mass is 415 g/mol. The molecule has 0 aliphatic carbocycles. The van der Waals surface area contributed by atoms with Crippen molar-refractivity contribution in [3.8, 4) is 0 Å². The maximum absolute atomic E-state index is 14.4. The first-order valence-electron chi connectivity index (χ1n) is 9.82. The average Bonchev–Trinajstić information content (AvgIpc) is 2.73. The van der Waals surface area contributed by atoms with E-state index in [1.165, 1.54) is 12.1 Å². The van der Waals surface area contributed by atoms with Crippen LogP contribution in [0.1, 0.15) is 29.7 Å². The molecule has 0 amide bonds. The second kappa shape index (κ2) is 7.39. The number of aromatic nitrogens is 3. The number of halogens is 3. The molecule has 30 heavy (non-hydrogen) atoms. The Hall–Kier alpha value is -2.94. The van der Waals surface area contributed by atoms with Crippen molar-refractivity contribution < 1.29 is 17.9 Å². The number of alkyl halides is 2. The largest absolute Gasteiger partial charge is 0.371 e. The summed E-state index contributed by atoms with van der Waals surface area (Å²) in [5.74, 6) is -0.471. The molecule has 1 N–H and O–H groups in total. The molecule has 2 atom stereocenters. The van der Waals surface area contributed by atoms with Crippen molar-refractivity contribution in [3.63, 3.8) is 0 Å². The molecule has 3 aromatic rings. The third-order valence-corrected chi connectivity index (χ3v) is 5.68. The van der Waals surface area contributed by atoms with Crippen molar-refractivity contribution in [3.05, 3.63) is 53.1 Å². The molecule has 3 aliphatic heterocycles. The van der Waals surface area contributed by atoms with Gasteiger partial charge in [-0.05, 0) is 13.0 Å². The van der Waals surface area contributed by atoms with Gasteiger partial charge in [0.1, 0.15) is 5.82 Å². The number of ether oxygens (including phenoxy) is 1. The van der Waals surface area contributed by atoms with Gasteiger partial charge in [0.15, 0.2) is 5.82 Å². The van der Waals surface area contributed by atoms with Crippen LogP contribution in [-0.2, 0) is 11.3 Å². The maximum Gasteiger partial charge on any atom is 0.266 e. The Kier molecular flexibility index (Phi) is 4.69. The first-order valence-corrected chi connectivity index (χ1v) is 9.82. The Morgan fingerprint density at radius 2 is 2.00 bits per heavy atom. The maximum atomic E-state index is 14.4. The van der Waals surface area contributed by atoms with Crippen molar-refractivity contribution in [2.24, 2.45) is 0 Å². The third-order valence-electron chi connectivity index (χ3n) is 5.68. The van der Waals surface area contributed by atoms with E-state index in [2.05, 4.69) is 25.4 Å². The fraction of sp³-hybridized carbons (Fsp3) is 0.381. The van der Waals surface area contributed by atoms with Gasteiger partial charge in [0.2, 0.25) is 0 Å². The van der Waals surface area contributed by atoms with Gasteiger partial charge >= 0.3 is 0 Å². The van der Waals surface area contributed by atoms with Gasteiger partial charge in [-0.15, -0.1) is 5.10 Å². The van der Waals surface area contributed by atoms with Crippen molar-refractivity contribution in [1.29, 1.82) is 0 Å². The number of hydrogen-bond acceptors (Lipinski definition) is 6. The predicted molar refractivity (Wildman–Crippen MR) is 106 cm³/mol.